The van der Waals surface area contributed by atoms with Crippen molar-refractivity contribution in [1.29, 1.82) is 0 Å². The number of aromatic nitrogens is 3. The molecule has 2 bridgehead atoms. The Morgan fingerprint density at radius 1 is 1.03 bits per heavy atom. The monoisotopic (exact) mass is 467 g/mol. The summed E-state index contributed by atoms with van der Waals surface area (Å²) in [7, 11) is -0.178. The topological polar surface area (TPSA) is 71.1 Å². The molecule has 1 aromatic heterocycles. The molecular weight excluding hydrogens is 441 g/mol. The Hall–Kier alpha value is -2.62. The van der Waals surface area contributed by atoms with Gasteiger partial charge in [-0.3, -0.25) is 0 Å². The van der Waals surface area contributed by atoms with E-state index in [1.807, 2.05) is 0 Å². The van der Waals surface area contributed by atoms with Crippen LogP contribution in [-0.2, 0) is 23.1 Å². The summed E-state index contributed by atoms with van der Waals surface area (Å²) < 4.78 is 43.7. The lowest BCUT2D eigenvalue weighted by Gasteiger charge is -2.24. The van der Waals surface area contributed by atoms with Gasteiger partial charge in [-0.05, 0) is 79.0 Å². The van der Waals surface area contributed by atoms with Crippen LogP contribution in [0.4, 0.5) is 4.39 Å². The van der Waals surface area contributed by atoms with Crippen LogP contribution in [0.1, 0.15) is 24.0 Å². The quantitative estimate of drug-likeness (QED) is 0.553. The van der Waals surface area contributed by atoms with Crippen molar-refractivity contribution in [1.82, 2.24) is 23.4 Å². The van der Waals surface area contributed by atoms with Gasteiger partial charge in [0, 0.05) is 26.2 Å². The summed E-state index contributed by atoms with van der Waals surface area (Å²) in [6.07, 6.45) is 5.56. The Labute approximate surface area is 193 Å². The first-order valence-corrected chi connectivity index (χ1v) is 12.7. The Morgan fingerprint density at radius 2 is 1.73 bits per heavy atom. The van der Waals surface area contributed by atoms with Gasteiger partial charge in [0.15, 0.2) is 5.82 Å². The van der Waals surface area contributed by atoms with Crippen molar-refractivity contribution >= 4 is 10.2 Å². The summed E-state index contributed by atoms with van der Waals surface area (Å²) in [6, 6.07) is 12.5. The molecule has 1 saturated carbocycles. The zero-order valence-electron chi connectivity index (χ0n) is 18.6. The van der Waals surface area contributed by atoms with E-state index in [1.54, 1.807) is 41.5 Å². The molecule has 1 spiro atoms. The third-order valence-corrected chi connectivity index (χ3v) is 9.70. The largest absolute Gasteiger partial charge is 0.282 e. The van der Waals surface area contributed by atoms with E-state index in [1.165, 1.54) is 27.6 Å². The minimum Gasteiger partial charge on any atom is -0.220 e. The van der Waals surface area contributed by atoms with Gasteiger partial charge in [-0.15, -0.1) is 5.10 Å². The second kappa shape index (κ2) is 7.19. The summed E-state index contributed by atoms with van der Waals surface area (Å²) in [5, 5.41) is 4.60. The van der Waals surface area contributed by atoms with Gasteiger partial charge in [-0.25, -0.2) is 14.1 Å². The molecule has 2 fully saturated rings. The molecule has 4 atom stereocenters. The number of rotatable bonds is 4. The van der Waals surface area contributed by atoms with Crippen LogP contribution in [0.5, 0.6) is 0 Å². The van der Waals surface area contributed by atoms with Crippen LogP contribution in [0.25, 0.3) is 17.1 Å². The third kappa shape index (κ3) is 3.17. The summed E-state index contributed by atoms with van der Waals surface area (Å²) in [6.45, 7) is 0.632. The van der Waals surface area contributed by atoms with Crippen molar-refractivity contribution in [3.05, 3.63) is 65.7 Å². The lowest BCUT2D eigenvalue weighted by Crippen LogP contribution is -2.38. The maximum Gasteiger partial charge on any atom is 0.282 e. The molecule has 9 heteroatoms. The normalized spacial score (nSPS) is 28.2. The van der Waals surface area contributed by atoms with E-state index < -0.39 is 10.2 Å². The maximum atomic E-state index is 13.2. The van der Waals surface area contributed by atoms with Crippen LogP contribution in [0.15, 0.2) is 48.8 Å². The second-order valence-electron chi connectivity index (χ2n) is 9.64. The zero-order valence-corrected chi connectivity index (χ0v) is 19.5. The molecule has 3 aliphatic rings. The number of halogens is 1. The van der Waals surface area contributed by atoms with Gasteiger partial charge >= 0.3 is 0 Å². The molecule has 0 N–H and O–H groups in total. The Bertz CT molecular complexity index is 1340. The molecule has 0 amide bonds. The number of hydrogen-bond acceptors (Lipinski definition) is 4. The van der Waals surface area contributed by atoms with E-state index in [9.17, 15) is 12.8 Å². The lowest BCUT2D eigenvalue weighted by molar-refractivity contribution is 0.322. The van der Waals surface area contributed by atoms with E-state index in [0.717, 1.165) is 36.9 Å². The smallest absolute Gasteiger partial charge is 0.220 e. The lowest BCUT2D eigenvalue weighted by atomic mass is 9.87. The van der Waals surface area contributed by atoms with Crippen molar-refractivity contribution < 1.29 is 12.8 Å². The molecular formula is C24H26FN5O2S. The number of nitrogens with zero attached hydrogens (tertiary/aromatic N) is 5. The molecule has 0 radical (unpaired) electrons. The first-order valence-electron chi connectivity index (χ1n) is 11.3. The van der Waals surface area contributed by atoms with Gasteiger partial charge in [0.05, 0.1) is 11.2 Å². The van der Waals surface area contributed by atoms with Crippen molar-refractivity contribution in [3.63, 3.8) is 0 Å². The molecule has 2 aliphatic carbocycles. The Balaban J connectivity index is 1.30. The predicted octanol–water partition coefficient (Wildman–Crippen LogP) is 3.06. The highest BCUT2D eigenvalue weighted by Crippen LogP contribution is 2.59. The van der Waals surface area contributed by atoms with Crippen LogP contribution in [-0.4, -0.2) is 58.0 Å². The standard InChI is InChI=1S/C24H26FN5O2S/c1-28(2)33(31,32)30-14-24(30)19-5-6-20(24)13-18-11-17(4-3-16(18)12-19)23-26-15-29(27-23)22-9-7-21(25)8-10-22/h3-4,7-11,15,19-20H,5-6,12-14H2,1-2H3/t19-,20+,24+,30?/m0/s1. The van der Waals surface area contributed by atoms with E-state index in [2.05, 4.69) is 28.3 Å². The molecule has 1 unspecified atom stereocenters. The summed E-state index contributed by atoms with van der Waals surface area (Å²) in [5.74, 6) is 1.03. The summed E-state index contributed by atoms with van der Waals surface area (Å²) >= 11 is 0. The van der Waals surface area contributed by atoms with Gasteiger partial charge < -0.3 is 0 Å². The highest BCUT2D eigenvalue weighted by atomic mass is 32.2. The minimum absolute atomic E-state index is 0.231. The van der Waals surface area contributed by atoms with Crippen molar-refractivity contribution in [3.8, 4) is 17.1 Å². The predicted molar refractivity (Wildman–Crippen MR) is 122 cm³/mol. The van der Waals surface area contributed by atoms with Crippen molar-refractivity contribution in [2.24, 2.45) is 11.8 Å². The second-order valence-corrected chi connectivity index (χ2v) is 11.7. The van der Waals surface area contributed by atoms with E-state index in [4.69, 9.17) is 0 Å². The van der Waals surface area contributed by atoms with Gasteiger partial charge in [0.25, 0.3) is 10.2 Å². The number of hydrogen-bond donors (Lipinski definition) is 0. The van der Waals surface area contributed by atoms with Gasteiger partial charge in [-0.2, -0.15) is 17.0 Å². The average molecular weight is 468 g/mol. The molecule has 1 saturated heterocycles. The Morgan fingerprint density at radius 3 is 2.42 bits per heavy atom. The van der Waals surface area contributed by atoms with Crippen LogP contribution >= 0.6 is 0 Å². The SMILES string of the molecule is CN(C)S(=O)(=O)N1C[C@@]12[C@@H]1CC[C@H]2Cc2ccc(-c3ncn(-c4ccc(F)cc4)n3)cc2C1. The fraction of sp³-hybridized carbons (Fsp3) is 0.417. The Kier molecular flexibility index (Phi) is 4.56. The third-order valence-electron chi connectivity index (χ3n) is 7.76. The van der Waals surface area contributed by atoms with E-state index in [-0.39, 0.29) is 11.4 Å². The molecule has 33 heavy (non-hydrogen) atoms. The highest BCUT2D eigenvalue weighted by Gasteiger charge is 2.69. The fourth-order valence-corrected chi connectivity index (χ4v) is 7.44. The van der Waals surface area contributed by atoms with Crippen LogP contribution in [0.3, 0.4) is 0 Å². The van der Waals surface area contributed by atoms with Gasteiger partial charge in [-0.1, -0.05) is 12.1 Å². The minimum atomic E-state index is -3.40. The zero-order chi connectivity index (χ0) is 23.0. The van der Waals surface area contributed by atoms with Gasteiger partial charge in [0.1, 0.15) is 12.1 Å². The summed E-state index contributed by atoms with van der Waals surface area (Å²) in [5.41, 5.74) is 4.03. The van der Waals surface area contributed by atoms with E-state index >= 15 is 0 Å². The highest BCUT2D eigenvalue weighted by molar-refractivity contribution is 7.87. The summed E-state index contributed by atoms with van der Waals surface area (Å²) in [4.78, 5) is 4.48. The van der Waals surface area contributed by atoms with Gasteiger partial charge in [0.2, 0.25) is 0 Å². The molecule has 2 aromatic carbocycles. The van der Waals surface area contributed by atoms with E-state index in [0.29, 0.717) is 24.2 Å². The maximum absolute atomic E-state index is 13.2. The number of fused-ring (bicyclic) bond motifs is 1. The van der Waals surface area contributed by atoms with Crippen LogP contribution < -0.4 is 0 Å². The first-order chi connectivity index (χ1) is 15.8. The molecule has 3 aromatic rings. The van der Waals surface area contributed by atoms with Crippen LogP contribution in [0, 0.1) is 17.7 Å². The van der Waals surface area contributed by atoms with Crippen molar-refractivity contribution in [2.75, 3.05) is 20.6 Å². The first kappa shape index (κ1) is 20.9. The van der Waals surface area contributed by atoms with Crippen molar-refractivity contribution in [2.45, 2.75) is 31.2 Å². The molecule has 172 valence electrons. The van der Waals surface area contributed by atoms with Crippen LogP contribution in [0.2, 0.25) is 0 Å². The molecule has 6 rings (SSSR count). The molecule has 7 nitrogen and oxygen atoms in total. The number of benzene rings is 2. The molecule has 1 aliphatic heterocycles. The average Bonchev–Trinajstić information content (AvgIpc) is 3.24. The fourth-order valence-electron chi connectivity index (χ4n) is 5.95. The molecule has 2 heterocycles.